The van der Waals surface area contributed by atoms with E-state index >= 15 is 0 Å². The molecule has 3 aliphatic rings. The molecule has 0 heterocycles. The van der Waals surface area contributed by atoms with Gasteiger partial charge in [-0.3, -0.25) is 9.59 Å². The molecule has 12 rings (SSSR count). The summed E-state index contributed by atoms with van der Waals surface area (Å²) in [5.74, 6) is 0.417. The van der Waals surface area contributed by atoms with Gasteiger partial charge in [-0.05, 0) is 184 Å². The van der Waals surface area contributed by atoms with Crippen LogP contribution in [0, 0.1) is 10.8 Å². The van der Waals surface area contributed by atoms with Crippen molar-refractivity contribution in [3.63, 3.8) is 0 Å². The third-order valence-corrected chi connectivity index (χ3v) is 22.6. The summed E-state index contributed by atoms with van der Waals surface area (Å²) in [6, 6.07) is 83.6. The number of benzene rings is 9. The fourth-order valence-electron chi connectivity index (χ4n) is 11.9. The number of carbonyl (C=O) groups is 2. The molecule has 0 amide bonds. The van der Waals surface area contributed by atoms with Crippen LogP contribution in [0.15, 0.2) is 270 Å². The van der Waals surface area contributed by atoms with E-state index in [0.29, 0.717) is 6.42 Å². The van der Waals surface area contributed by atoms with Crippen LogP contribution in [0.25, 0.3) is 11.1 Å². The van der Waals surface area contributed by atoms with Gasteiger partial charge in [-0.1, -0.05) is 339 Å². The predicted octanol–water partition coefficient (Wildman–Crippen LogP) is 24.1. The molecular formula is C86H96Br2Cl2O2P2Pd. The summed E-state index contributed by atoms with van der Waals surface area (Å²) in [6.45, 7) is 36.3. The molecule has 0 radical (unpaired) electrons. The molecule has 0 atom stereocenters. The predicted molar refractivity (Wildman–Crippen MR) is 424 cm³/mol. The summed E-state index contributed by atoms with van der Waals surface area (Å²) in [5.41, 5.74) is 13.3. The van der Waals surface area contributed by atoms with Crippen molar-refractivity contribution in [2.24, 2.45) is 10.8 Å². The van der Waals surface area contributed by atoms with Crippen molar-refractivity contribution in [1.29, 1.82) is 0 Å². The Kier molecular flexibility index (Phi) is 30.1. The van der Waals surface area contributed by atoms with Gasteiger partial charge in [0.15, 0.2) is 11.6 Å². The minimum Gasteiger partial charge on any atom is -0.0622 e. The minimum atomic E-state index is -0.446. The number of hydrogen-bond donors (Lipinski definition) is 0. The number of carbonyl (C=O) groups excluding carboxylic acids is 2. The Morgan fingerprint density at radius 2 is 0.695 bits per heavy atom. The van der Waals surface area contributed by atoms with Gasteiger partial charge in [0, 0.05) is 26.5 Å². The fourth-order valence-corrected chi connectivity index (χ4v) is 17.2. The molecule has 3 aliphatic carbocycles. The molecule has 0 aliphatic heterocycles. The summed E-state index contributed by atoms with van der Waals surface area (Å²) in [7, 11) is 8.74. The van der Waals surface area contributed by atoms with Crippen LogP contribution in [-0.4, -0.2) is 11.6 Å². The molecule has 95 heavy (non-hydrogen) atoms. The SMILES string of the molecule is C=C(C)C.CC(=O)c1ccc2c(c1)C(C(C)(C)C)=CCC2(C)C.CC(C)(C)C1=CCC(C)(C)c2ccc(Br)cc21.CC1(C)CCC(=O)c2cc(Br)ccc21.[Cl][Pd][Cl].c1ccc(P(c2ccccc2)c2ccccc2)cc1.c1ccc(P(c2ccccc2)c2ccccc2)cc1. The third kappa shape index (κ3) is 23.1. The van der Waals surface area contributed by atoms with Gasteiger partial charge in [0.25, 0.3) is 0 Å². The maximum atomic E-state index is 11.7. The first-order chi connectivity index (χ1) is 44.9. The number of Topliss-reactive ketones (excluding diaryl/α,β-unsaturated/α-hetero) is 2. The average molecular weight is 1560 g/mol. The van der Waals surface area contributed by atoms with E-state index in [4.69, 9.17) is 19.1 Å². The van der Waals surface area contributed by atoms with Crippen LogP contribution in [0.2, 0.25) is 0 Å². The molecule has 2 nitrogen and oxygen atoms in total. The van der Waals surface area contributed by atoms with E-state index in [1.165, 1.54) is 80.8 Å². The number of ketones is 2. The van der Waals surface area contributed by atoms with Crippen LogP contribution < -0.4 is 31.8 Å². The smallest absolute Gasteiger partial charge is 0.0134 e. The standard InChI is InChI=1S/C18H24O.2C18H15P.C16H21Br.C12H13BrO.C4H8.2ClH.Pd/c1-12(19)13-7-8-16-14(11-13)15(17(2,3)4)9-10-18(16,5)6;2*1-4-10-16(11-5-1)19(17-12-6-2-7-13-17)18-14-8-3-9-15-18;1-15(2,3)13-8-9-16(4,5)14-7-6-11(17)10-12(13)14;1-12(2)6-5-11(14)9-7-8(13)3-4-10(9)12;1-4(2)3;;;/h7-9,11H,10H2,1-6H3;2*1-15H;6-8,10H,9H2,1-5H3;3-4,7H,5-6H2,1-2H3;1H2,2-3H3;2*1H;/q;;;;;;;;+2/p-2. The number of rotatable bonds is 7. The fraction of sp³-hybridized carbons (Fsp3) is 0.279. The summed E-state index contributed by atoms with van der Waals surface area (Å²) in [4.78, 5) is 23.3. The molecular weight excluding hydrogens is 1460 g/mol. The van der Waals surface area contributed by atoms with Crippen molar-refractivity contribution in [2.75, 3.05) is 0 Å². The Bertz CT molecular complexity index is 3680. The molecule has 0 N–H and O–H groups in total. The normalized spacial score (nSPS) is 14.4. The monoisotopic (exact) mass is 1560 g/mol. The van der Waals surface area contributed by atoms with Crippen molar-refractivity contribution >= 4 is 121 Å². The minimum absolute atomic E-state index is 0.106. The number of halogens is 4. The van der Waals surface area contributed by atoms with Gasteiger partial charge in [0.1, 0.15) is 0 Å². The van der Waals surface area contributed by atoms with Gasteiger partial charge in [-0.25, -0.2) is 0 Å². The van der Waals surface area contributed by atoms with Gasteiger partial charge >= 0.3 is 35.0 Å². The van der Waals surface area contributed by atoms with Gasteiger partial charge in [0.2, 0.25) is 0 Å². The van der Waals surface area contributed by atoms with Crippen molar-refractivity contribution in [1.82, 2.24) is 0 Å². The zero-order valence-electron chi connectivity index (χ0n) is 58.2. The largest absolute Gasteiger partial charge is 0.0622 e. The molecule has 9 aromatic carbocycles. The topological polar surface area (TPSA) is 34.1 Å². The molecule has 0 saturated carbocycles. The Hall–Kier alpha value is -5.40. The third-order valence-electron chi connectivity index (χ3n) is 16.8. The Morgan fingerprint density at radius 3 is 0.979 bits per heavy atom. The van der Waals surface area contributed by atoms with Crippen LogP contribution in [0.5, 0.6) is 0 Å². The molecule has 500 valence electrons. The van der Waals surface area contributed by atoms with Gasteiger partial charge < -0.3 is 0 Å². The second kappa shape index (κ2) is 36.4. The Balaban J connectivity index is 0.000000184. The van der Waals surface area contributed by atoms with E-state index in [-0.39, 0.29) is 54.6 Å². The van der Waals surface area contributed by atoms with Crippen LogP contribution in [0.3, 0.4) is 0 Å². The van der Waals surface area contributed by atoms with Gasteiger partial charge in [-0.2, -0.15) is 0 Å². The second-order valence-electron chi connectivity index (χ2n) is 28.4. The first-order valence-electron chi connectivity index (χ1n) is 32.5. The molecule has 0 saturated heterocycles. The van der Waals surface area contributed by atoms with E-state index in [0.717, 1.165) is 34.9 Å². The summed E-state index contributed by atoms with van der Waals surface area (Å²) >= 11 is 6.89. The zero-order chi connectivity index (χ0) is 69.7. The Morgan fingerprint density at radius 1 is 0.432 bits per heavy atom. The van der Waals surface area contributed by atoms with E-state index in [1.54, 1.807) is 6.92 Å². The van der Waals surface area contributed by atoms with Crippen LogP contribution in [0.4, 0.5) is 0 Å². The zero-order valence-corrected chi connectivity index (χ0v) is 66.3. The molecule has 9 aromatic rings. The molecule has 0 unspecified atom stereocenters. The quantitative estimate of drug-likeness (QED) is 0.0690. The van der Waals surface area contributed by atoms with E-state index in [9.17, 15) is 9.59 Å². The van der Waals surface area contributed by atoms with E-state index < -0.39 is 15.8 Å². The molecule has 9 heteroatoms. The second-order valence-corrected chi connectivity index (χ2v) is 37.0. The average Bonchev–Trinajstić information content (AvgIpc) is 0.774. The van der Waals surface area contributed by atoms with E-state index in [1.807, 2.05) is 32.0 Å². The summed E-state index contributed by atoms with van der Waals surface area (Å²) in [6.07, 6.45) is 8.61. The van der Waals surface area contributed by atoms with Crippen molar-refractivity contribution in [3.05, 3.63) is 309 Å². The van der Waals surface area contributed by atoms with Crippen LogP contribution in [0.1, 0.15) is 178 Å². The Labute approximate surface area is 606 Å². The molecule has 0 spiro atoms. The molecule has 0 bridgehead atoms. The summed E-state index contributed by atoms with van der Waals surface area (Å²) < 4.78 is 2.16. The van der Waals surface area contributed by atoms with E-state index in [2.05, 4.69) is 352 Å². The maximum absolute atomic E-state index is 11.7. The summed E-state index contributed by atoms with van der Waals surface area (Å²) in [5, 5.41) is 8.39. The number of hydrogen-bond acceptors (Lipinski definition) is 2. The molecule has 0 fully saturated rings. The first-order valence-corrected chi connectivity index (χ1v) is 40.7. The maximum Gasteiger partial charge on any atom is -0.0134 e. The number of allylic oxidation sites excluding steroid dienone is 5. The van der Waals surface area contributed by atoms with Crippen molar-refractivity contribution in [2.45, 2.75) is 146 Å². The van der Waals surface area contributed by atoms with Crippen LogP contribution in [-0.2, 0) is 32.2 Å². The number of fused-ring (bicyclic) bond motifs is 3. The van der Waals surface area contributed by atoms with Crippen molar-refractivity contribution in [3.8, 4) is 0 Å². The van der Waals surface area contributed by atoms with Gasteiger partial charge in [0.05, 0.1) is 0 Å². The van der Waals surface area contributed by atoms with Crippen LogP contribution >= 0.6 is 66.8 Å². The van der Waals surface area contributed by atoms with Crippen molar-refractivity contribution < 1.29 is 25.5 Å². The first kappa shape index (κ1) is 78.6. The van der Waals surface area contributed by atoms with Gasteiger partial charge in [-0.15, -0.1) is 6.58 Å². The molecule has 0 aromatic heterocycles.